The van der Waals surface area contributed by atoms with Crippen LogP contribution in [0.4, 0.5) is 4.39 Å². The molecule has 2 aromatic carbocycles. The molecule has 0 saturated carbocycles. The van der Waals surface area contributed by atoms with Gasteiger partial charge in [0.15, 0.2) is 0 Å². The first kappa shape index (κ1) is 21.2. The van der Waals surface area contributed by atoms with Gasteiger partial charge in [-0.05, 0) is 30.2 Å². The van der Waals surface area contributed by atoms with Gasteiger partial charge in [0.1, 0.15) is 23.4 Å². The molecule has 0 fully saturated rings. The Bertz CT molecular complexity index is 839. The van der Waals surface area contributed by atoms with Crippen LogP contribution >= 0.6 is 0 Å². The molecule has 1 atom stereocenters. The molecule has 0 aliphatic heterocycles. The highest BCUT2D eigenvalue weighted by molar-refractivity contribution is 5.97. The lowest BCUT2D eigenvalue weighted by atomic mass is 10.0. The van der Waals surface area contributed by atoms with Crippen LogP contribution in [0.1, 0.15) is 29.8 Å². The zero-order chi connectivity index (χ0) is 20.7. The average molecular weight is 388 g/mol. The number of halogens is 1. The van der Waals surface area contributed by atoms with Gasteiger partial charge in [0.2, 0.25) is 5.91 Å². The summed E-state index contributed by atoms with van der Waals surface area (Å²) in [5.41, 5.74) is 0.664. The first-order valence-corrected chi connectivity index (χ1v) is 8.91. The first-order chi connectivity index (χ1) is 13.4. The molecule has 0 bridgehead atoms. The molecule has 28 heavy (non-hydrogen) atoms. The van der Waals surface area contributed by atoms with Crippen molar-refractivity contribution in [3.8, 4) is 11.5 Å². The van der Waals surface area contributed by atoms with Crippen molar-refractivity contribution < 1.29 is 23.5 Å². The predicted octanol–water partition coefficient (Wildman–Crippen LogP) is 2.91. The molecule has 6 nitrogen and oxygen atoms in total. The van der Waals surface area contributed by atoms with Crippen LogP contribution in [0.15, 0.2) is 42.5 Å². The standard InChI is InChI=1S/C21H25FN2O4/c1-13(2)19(24-20(25)16-7-5-6-8-17(16)22)21(26)23-12-14-9-10-15(27-3)11-18(14)28-4/h5-11,13,19H,12H2,1-4H3,(H,23,26)(H,24,25). The zero-order valence-corrected chi connectivity index (χ0v) is 16.4. The van der Waals surface area contributed by atoms with Gasteiger partial charge in [-0.2, -0.15) is 0 Å². The lowest BCUT2D eigenvalue weighted by Gasteiger charge is -2.22. The van der Waals surface area contributed by atoms with E-state index in [-0.39, 0.29) is 23.9 Å². The fourth-order valence-corrected chi connectivity index (χ4v) is 2.69. The van der Waals surface area contributed by atoms with E-state index in [0.29, 0.717) is 11.5 Å². The van der Waals surface area contributed by atoms with Crippen LogP contribution in [-0.4, -0.2) is 32.1 Å². The lowest BCUT2D eigenvalue weighted by molar-refractivity contribution is -0.124. The van der Waals surface area contributed by atoms with E-state index >= 15 is 0 Å². The van der Waals surface area contributed by atoms with Crippen molar-refractivity contribution in [3.05, 3.63) is 59.4 Å². The maximum Gasteiger partial charge on any atom is 0.254 e. The fourth-order valence-electron chi connectivity index (χ4n) is 2.69. The fraction of sp³-hybridized carbons (Fsp3) is 0.333. The van der Waals surface area contributed by atoms with Crippen molar-refractivity contribution in [2.24, 2.45) is 5.92 Å². The first-order valence-electron chi connectivity index (χ1n) is 8.91. The Hall–Kier alpha value is -3.09. The van der Waals surface area contributed by atoms with Crippen molar-refractivity contribution in [2.75, 3.05) is 14.2 Å². The van der Waals surface area contributed by atoms with E-state index in [1.165, 1.54) is 25.3 Å². The van der Waals surface area contributed by atoms with Crippen LogP contribution in [0.5, 0.6) is 11.5 Å². The Morgan fingerprint density at radius 1 is 1.07 bits per heavy atom. The van der Waals surface area contributed by atoms with Crippen molar-refractivity contribution >= 4 is 11.8 Å². The Balaban J connectivity index is 2.07. The number of benzene rings is 2. The molecule has 2 N–H and O–H groups in total. The van der Waals surface area contributed by atoms with Gasteiger partial charge >= 0.3 is 0 Å². The second kappa shape index (κ2) is 9.73. The number of hydrogen-bond acceptors (Lipinski definition) is 4. The van der Waals surface area contributed by atoms with Crippen molar-refractivity contribution in [1.82, 2.24) is 10.6 Å². The molecule has 2 rings (SSSR count). The van der Waals surface area contributed by atoms with Gasteiger partial charge in [-0.3, -0.25) is 9.59 Å². The maximum absolute atomic E-state index is 13.8. The predicted molar refractivity (Wildman–Crippen MR) is 104 cm³/mol. The highest BCUT2D eigenvalue weighted by atomic mass is 19.1. The molecule has 0 aliphatic carbocycles. The molecule has 2 aromatic rings. The summed E-state index contributed by atoms with van der Waals surface area (Å²) in [6.07, 6.45) is 0. The summed E-state index contributed by atoms with van der Waals surface area (Å²) in [5, 5.41) is 5.41. The normalized spacial score (nSPS) is 11.6. The highest BCUT2D eigenvalue weighted by Gasteiger charge is 2.25. The minimum absolute atomic E-state index is 0.0993. The van der Waals surface area contributed by atoms with Crippen LogP contribution in [0, 0.1) is 11.7 Å². The van der Waals surface area contributed by atoms with Gasteiger partial charge < -0.3 is 20.1 Å². The van der Waals surface area contributed by atoms with Gasteiger partial charge in [-0.1, -0.05) is 26.0 Å². The highest BCUT2D eigenvalue weighted by Crippen LogP contribution is 2.24. The summed E-state index contributed by atoms with van der Waals surface area (Å²) in [7, 11) is 3.09. The zero-order valence-electron chi connectivity index (χ0n) is 16.4. The van der Waals surface area contributed by atoms with E-state index in [2.05, 4.69) is 10.6 Å². The third-order valence-electron chi connectivity index (χ3n) is 4.30. The third-order valence-corrected chi connectivity index (χ3v) is 4.30. The summed E-state index contributed by atoms with van der Waals surface area (Å²) in [6, 6.07) is 10.1. The van der Waals surface area contributed by atoms with E-state index < -0.39 is 17.8 Å². The molecule has 0 aliphatic rings. The Morgan fingerprint density at radius 2 is 1.79 bits per heavy atom. The molecule has 0 radical (unpaired) electrons. The van der Waals surface area contributed by atoms with Gasteiger partial charge in [-0.25, -0.2) is 4.39 Å². The number of carbonyl (C=O) groups excluding carboxylic acids is 2. The summed E-state index contributed by atoms with van der Waals surface area (Å²) in [6.45, 7) is 3.82. The number of rotatable bonds is 8. The minimum Gasteiger partial charge on any atom is -0.497 e. The van der Waals surface area contributed by atoms with Crippen molar-refractivity contribution in [2.45, 2.75) is 26.4 Å². The lowest BCUT2D eigenvalue weighted by Crippen LogP contribution is -2.49. The summed E-state index contributed by atoms with van der Waals surface area (Å²) >= 11 is 0. The molecular formula is C21H25FN2O4. The second-order valence-electron chi connectivity index (χ2n) is 6.57. The SMILES string of the molecule is COc1ccc(CNC(=O)C(NC(=O)c2ccccc2F)C(C)C)c(OC)c1. The molecule has 150 valence electrons. The Morgan fingerprint density at radius 3 is 2.39 bits per heavy atom. The van der Waals surface area contributed by atoms with Gasteiger partial charge in [0.25, 0.3) is 5.91 Å². The van der Waals surface area contributed by atoms with E-state index in [4.69, 9.17) is 9.47 Å². The largest absolute Gasteiger partial charge is 0.497 e. The van der Waals surface area contributed by atoms with Gasteiger partial charge in [-0.15, -0.1) is 0 Å². The van der Waals surface area contributed by atoms with Crippen LogP contribution in [0.3, 0.4) is 0 Å². The molecule has 1 unspecified atom stereocenters. The molecule has 7 heteroatoms. The molecular weight excluding hydrogens is 363 g/mol. The molecule has 0 spiro atoms. The summed E-state index contributed by atoms with van der Waals surface area (Å²) in [5.74, 6) is -0.591. The molecule has 0 aromatic heterocycles. The van der Waals surface area contributed by atoms with Crippen LogP contribution in [-0.2, 0) is 11.3 Å². The van der Waals surface area contributed by atoms with Crippen molar-refractivity contribution in [3.63, 3.8) is 0 Å². The quantitative estimate of drug-likeness (QED) is 0.729. The number of ether oxygens (including phenoxy) is 2. The van der Waals surface area contributed by atoms with Crippen molar-refractivity contribution in [1.29, 1.82) is 0 Å². The smallest absolute Gasteiger partial charge is 0.254 e. The van der Waals surface area contributed by atoms with Gasteiger partial charge in [0, 0.05) is 18.2 Å². The van der Waals surface area contributed by atoms with Crippen LogP contribution in [0.25, 0.3) is 0 Å². The number of methoxy groups -OCH3 is 2. The summed E-state index contributed by atoms with van der Waals surface area (Å²) in [4.78, 5) is 25.0. The monoisotopic (exact) mass is 388 g/mol. The van der Waals surface area contributed by atoms with Crippen LogP contribution < -0.4 is 20.1 Å². The Labute approximate surface area is 164 Å². The van der Waals surface area contributed by atoms with E-state index in [9.17, 15) is 14.0 Å². The van der Waals surface area contributed by atoms with Gasteiger partial charge in [0.05, 0.1) is 19.8 Å². The molecule has 0 heterocycles. The third kappa shape index (κ3) is 5.22. The van der Waals surface area contributed by atoms with E-state index in [1.807, 2.05) is 0 Å². The number of hydrogen-bond donors (Lipinski definition) is 2. The number of carbonyl (C=O) groups is 2. The minimum atomic E-state index is -0.809. The topological polar surface area (TPSA) is 76.7 Å². The average Bonchev–Trinajstić information content (AvgIpc) is 2.69. The number of amides is 2. The Kier molecular flexibility index (Phi) is 7.37. The van der Waals surface area contributed by atoms with E-state index in [1.54, 1.807) is 45.2 Å². The number of nitrogens with one attached hydrogen (secondary N) is 2. The molecule has 2 amide bonds. The van der Waals surface area contributed by atoms with E-state index in [0.717, 1.165) is 5.56 Å². The summed E-state index contributed by atoms with van der Waals surface area (Å²) < 4.78 is 24.3. The second-order valence-corrected chi connectivity index (χ2v) is 6.57. The molecule has 0 saturated heterocycles. The maximum atomic E-state index is 13.8. The van der Waals surface area contributed by atoms with Crippen LogP contribution in [0.2, 0.25) is 0 Å².